The van der Waals surface area contributed by atoms with Gasteiger partial charge in [-0.1, -0.05) is 24.3 Å². The Morgan fingerprint density at radius 1 is 1.15 bits per heavy atom. The molecule has 0 unspecified atom stereocenters. The van der Waals surface area contributed by atoms with Gasteiger partial charge in [0.1, 0.15) is 15.6 Å². The third-order valence-electron chi connectivity index (χ3n) is 4.05. The lowest BCUT2D eigenvalue weighted by molar-refractivity contribution is 0.534. The first kappa shape index (κ1) is 19.4. The molecule has 0 aliphatic carbocycles. The van der Waals surface area contributed by atoms with Crippen LogP contribution in [0.3, 0.4) is 0 Å². The molecular weight excluding hydrogens is 384 g/mol. The Kier molecular flexibility index (Phi) is 6.15. The fourth-order valence-electron chi connectivity index (χ4n) is 2.63. The summed E-state index contributed by atoms with van der Waals surface area (Å²) in [7, 11) is -1.78. The molecule has 1 aromatic carbocycles. The number of hydrogen-bond acceptors (Lipinski definition) is 5. The number of nitrogens with one attached hydrogen (secondary N) is 3. The van der Waals surface area contributed by atoms with Crippen molar-refractivity contribution in [3.63, 3.8) is 0 Å². The molecule has 3 rings (SSSR count). The monoisotopic (exact) mass is 406 g/mol. The van der Waals surface area contributed by atoms with Crippen LogP contribution >= 0.6 is 11.3 Å². The highest BCUT2D eigenvalue weighted by Gasteiger charge is 2.14. The molecule has 0 radical (unpaired) electrons. The van der Waals surface area contributed by atoms with Gasteiger partial charge in [-0.15, -0.1) is 11.3 Å². The Morgan fingerprint density at radius 2 is 1.96 bits per heavy atom. The molecule has 0 aliphatic heterocycles. The van der Waals surface area contributed by atoms with Crippen LogP contribution in [0, 0.1) is 6.92 Å². The van der Waals surface area contributed by atoms with Gasteiger partial charge in [0, 0.05) is 31.1 Å². The van der Waals surface area contributed by atoms with E-state index < -0.39 is 10.0 Å². The number of hydrogen-bond donors (Lipinski definition) is 3. The Morgan fingerprint density at radius 3 is 2.67 bits per heavy atom. The molecule has 0 aliphatic rings. The van der Waals surface area contributed by atoms with E-state index in [0.29, 0.717) is 23.3 Å². The Bertz CT molecular complexity index is 1020. The van der Waals surface area contributed by atoms with Gasteiger partial charge >= 0.3 is 0 Å². The average Bonchev–Trinajstić information content (AvgIpc) is 3.31. The van der Waals surface area contributed by atoms with Crippen LogP contribution in [0.2, 0.25) is 0 Å². The van der Waals surface area contributed by atoms with Gasteiger partial charge < -0.3 is 15.1 Å². The molecule has 3 aromatic rings. The van der Waals surface area contributed by atoms with E-state index in [1.165, 1.54) is 11.3 Å². The molecule has 2 heterocycles. The SMILES string of the molecule is CN=C(NCCNS(=O)(=O)c1cccs1)NCc1oc2ccccc2c1C. The molecule has 7 nitrogen and oxygen atoms in total. The van der Waals surface area contributed by atoms with Crippen molar-refractivity contribution in [2.24, 2.45) is 4.99 Å². The van der Waals surface area contributed by atoms with E-state index in [0.717, 1.165) is 22.3 Å². The van der Waals surface area contributed by atoms with Crippen molar-refractivity contribution in [3.8, 4) is 0 Å². The molecule has 27 heavy (non-hydrogen) atoms. The molecule has 0 atom stereocenters. The van der Waals surface area contributed by atoms with Crippen molar-refractivity contribution >= 4 is 38.3 Å². The summed E-state index contributed by atoms with van der Waals surface area (Å²) in [6, 6.07) is 11.2. The first-order chi connectivity index (χ1) is 13.0. The summed E-state index contributed by atoms with van der Waals surface area (Å²) in [5.74, 6) is 1.42. The first-order valence-corrected chi connectivity index (χ1v) is 10.8. The smallest absolute Gasteiger partial charge is 0.250 e. The summed E-state index contributed by atoms with van der Waals surface area (Å²) in [5, 5.41) is 9.10. The number of sulfonamides is 1. The van der Waals surface area contributed by atoms with E-state index in [-0.39, 0.29) is 6.54 Å². The van der Waals surface area contributed by atoms with Crippen LogP contribution in [-0.4, -0.2) is 34.5 Å². The summed E-state index contributed by atoms with van der Waals surface area (Å²) in [6.07, 6.45) is 0. The number of guanidine groups is 1. The quantitative estimate of drug-likeness (QED) is 0.318. The minimum atomic E-state index is -3.44. The minimum Gasteiger partial charge on any atom is -0.459 e. The number of nitrogens with zero attached hydrogens (tertiary/aromatic N) is 1. The molecule has 0 bridgehead atoms. The van der Waals surface area contributed by atoms with E-state index in [1.807, 2.05) is 31.2 Å². The van der Waals surface area contributed by atoms with Crippen molar-refractivity contribution in [1.82, 2.24) is 15.4 Å². The maximum atomic E-state index is 12.1. The van der Waals surface area contributed by atoms with Gasteiger partial charge in [0.25, 0.3) is 0 Å². The van der Waals surface area contributed by atoms with Crippen LogP contribution in [0.25, 0.3) is 11.0 Å². The number of aryl methyl sites for hydroxylation is 1. The topological polar surface area (TPSA) is 95.7 Å². The van der Waals surface area contributed by atoms with Crippen LogP contribution in [0.5, 0.6) is 0 Å². The van der Waals surface area contributed by atoms with E-state index in [4.69, 9.17) is 4.42 Å². The molecule has 3 N–H and O–H groups in total. The summed E-state index contributed by atoms with van der Waals surface area (Å²) < 4.78 is 32.8. The number of benzene rings is 1. The summed E-state index contributed by atoms with van der Waals surface area (Å²) >= 11 is 1.19. The van der Waals surface area contributed by atoms with Crippen molar-refractivity contribution in [2.75, 3.05) is 20.1 Å². The van der Waals surface area contributed by atoms with Crippen molar-refractivity contribution in [1.29, 1.82) is 0 Å². The van der Waals surface area contributed by atoms with E-state index >= 15 is 0 Å². The number of aliphatic imine (C=N–C) groups is 1. The lowest BCUT2D eigenvalue weighted by Gasteiger charge is -2.11. The Balaban J connectivity index is 1.49. The predicted octanol–water partition coefficient (Wildman–Crippen LogP) is 2.45. The molecule has 2 aromatic heterocycles. The van der Waals surface area contributed by atoms with E-state index in [9.17, 15) is 8.42 Å². The summed E-state index contributed by atoms with van der Waals surface area (Å²) in [4.78, 5) is 4.15. The maximum absolute atomic E-state index is 12.1. The molecule has 0 fully saturated rings. The molecule has 0 saturated carbocycles. The minimum absolute atomic E-state index is 0.255. The number of para-hydroxylation sites is 1. The highest BCUT2D eigenvalue weighted by molar-refractivity contribution is 7.91. The predicted molar refractivity (Wildman–Crippen MR) is 109 cm³/mol. The van der Waals surface area contributed by atoms with Crippen LogP contribution in [0.1, 0.15) is 11.3 Å². The lowest BCUT2D eigenvalue weighted by atomic mass is 10.1. The number of thiophene rings is 1. The highest BCUT2D eigenvalue weighted by atomic mass is 32.2. The Hall–Kier alpha value is -2.36. The second kappa shape index (κ2) is 8.55. The molecule has 0 saturated heterocycles. The standard InChI is InChI=1S/C18H22N4O3S2/c1-13-14-6-3-4-7-15(14)25-16(13)12-21-18(19-2)20-9-10-22-27(23,24)17-8-5-11-26-17/h3-8,11,22H,9-10,12H2,1-2H3,(H2,19,20,21). The van der Waals surface area contributed by atoms with Gasteiger partial charge in [-0.2, -0.15) is 0 Å². The zero-order valence-corrected chi connectivity index (χ0v) is 16.8. The third kappa shape index (κ3) is 4.68. The molecule has 9 heteroatoms. The van der Waals surface area contributed by atoms with Crippen molar-refractivity contribution in [2.45, 2.75) is 17.7 Å². The Labute approximate surface area is 162 Å². The highest BCUT2D eigenvalue weighted by Crippen LogP contribution is 2.24. The maximum Gasteiger partial charge on any atom is 0.250 e. The second-order valence-electron chi connectivity index (χ2n) is 5.83. The first-order valence-electron chi connectivity index (χ1n) is 8.46. The molecular formula is C18H22N4O3S2. The number of fused-ring (bicyclic) bond motifs is 1. The zero-order chi connectivity index (χ0) is 19.3. The van der Waals surface area contributed by atoms with Crippen LogP contribution in [-0.2, 0) is 16.6 Å². The van der Waals surface area contributed by atoms with Gasteiger partial charge in [0.2, 0.25) is 10.0 Å². The lowest BCUT2D eigenvalue weighted by Crippen LogP contribution is -2.41. The van der Waals surface area contributed by atoms with E-state index in [1.54, 1.807) is 24.6 Å². The summed E-state index contributed by atoms with van der Waals surface area (Å²) in [5.41, 5.74) is 1.95. The number of furan rings is 1. The number of rotatable bonds is 7. The van der Waals surface area contributed by atoms with Gasteiger partial charge in [-0.3, -0.25) is 4.99 Å². The largest absolute Gasteiger partial charge is 0.459 e. The van der Waals surface area contributed by atoms with Gasteiger partial charge in [0.05, 0.1) is 6.54 Å². The van der Waals surface area contributed by atoms with Crippen molar-refractivity contribution in [3.05, 3.63) is 53.1 Å². The van der Waals surface area contributed by atoms with Crippen LogP contribution in [0.4, 0.5) is 0 Å². The van der Waals surface area contributed by atoms with Crippen LogP contribution in [0.15, 0.2) is 55.4 Å². The molecule has 144 valence electrons. The van der Waals surface area contributed by atoms with Gasteiger partial charge in [-0.25, -0.2) is 13.1 Å². The van der Waals surface area contributed by atoms with Crippen LogP contribution < -0.4 is 15.4 Å². The fourth-order valence-corrected chi connectivity index (χ4v) is 4.70. The normalized spacial score (nSPS) is 12.4. The van der Waals surface area contributed by atoms with E-state index in [2.05, 4.69) is 20.3 Å². The molecule has 0 amide bonds. The zero-order valence-electron chi connectivity index (χ0n) is 15.2. The summed E-state index contributed by atoms with van der Waals surface area (Å²) in [6.45, 7) is 3.17. The molecule has 0 spiro atoms. The second-order valence-corrected chi connectivity index (χ2v) is 8.77. The van der Waals surface area contributed by atoms with Crippen molar-refractivity contribution < 1.29 is 12.8 Å². The fraction of sp³-hybridized carbons (Fsp3) is 0.278. The third-order valence-corrected chi connectivity index (χ3v) is 6.91. The van der Waals surface area contributed by atoms with Gasteiger partial charge in [-0.05, 0) is 24.4 Å². The average molecular weight is 407 g/mol. The van der Waals surface area contributed by atoms with Gasteiger partial charge in [0.15, 0.2) is 5.96 Å².